The van der Waals surface area contributed by atoms with Gasteiger partial charge in [0.15, 0.2) is 5.65 Å². The molecule has 0 saturated heterocycles. The third kappa shape index (κ3) is 3.04. The van der Waals surface area contributed by atoms with Crippen LogP contribution in [0.1, 0.15) is 15.9 Å². The predicted octanol–water partition coefficient (Wildman–Crippen LogP) is 2.96. The number of pyridine rings is 2. The molecule has 4 rings (SSSR count). The number of carbonyl (C=O) groups is 1. The highest BCUT2D eigenvalue weighted by atomic mass is 16.1. The molecular formula is C20H17N5O. The first kappa shape index (κ1) is 16.0. The molecule has 1 N–H and O–H groups in total. The Morgan fingerprint density at radius 1 is 1.12 bits per heavy atom. The Labute approximate surface area is 150 Å². The van der Waals surface area contributed by atoms with Crippen molar-refractivity contribution in [2.24, 2.45) is 7.05 Å². The molecular weight excluding hydrogens is 326 g/mol. The van der Waals surface area contributed by atoms with Gasteiger partial charge in [-0.1, -0.05) is 30.3 Å². The van der Waals surface area contributed by atoms with Crippen LogP contribution in [-0.2, 0) is 13.6 Å². The Morgan fingerprint density at radius 2 is 1.96 bits per heavy atom. The van der Waals surface area contributed by atoms with Crippen LogP contribution in [0.4, 0.5) is 0 Å². The van der Waals surface area contributed by atoms with Crippen LogP contribution in [0.15, 0.2) is 67.1 Å². The molecule has 4 aromatic rings. The van der Waals surface area contributed by atoms with Gasteiger partial charge in [-0.3, -0.25) is 14.5 Å². The lowest BCUT2D eigenvalue weighted by Crippen LogP contribution is -2.23. The van der Waals surface area contributed by atoms with Gasteiger partial charge in [0.25, 0.3) is 5.91 Å². The monoisotopic (exact) mass is 343 g/mol. The van der Waals surface area contributed by atoms with Crippen LogP contribution in [0.5, 0.6) is 0 Å². The quantitative estimate of drug-likeness (QED) is 0.618. The van der Waals surface area contributed by atoms with Crippen LogP contribution in [-0.4, -0.2) is 25.7 Å². The van der Waals surface area contributed by atoms with Crippen LogP contribution in [0.25, 0.3) is 22.3 Å². The second-order valence-electron chi connectivity index (χ2n) is 5.97. The summed E-state index contributed by atoms with van der Waals surface area (Å²) in [6.45, 7) is 0.464. The Morgan fingerprint density at radius 3 is 2.73 bits per heavy atom. The molecule has 1 amide bonds. The number of aryl methyl sites for hydroxylation is 1. The molecule has 0 radical (unpaired) electrons. The maximum atomic E-state index is 12.8. The number of amides is 1. The highest BCUT2D eigenvalue weighted by molar-refractivity contribution is 6.06. The molecule has 128 valence electrons. The first-order chi connectivity index (χ1) is 12.7. The lowest BCUT2D eigenvalue weighted by Gasteiger charge is -2.09. The Balaban J connectivity index is 1.72. The average Bonchev–Trinajstić information content (AvgIpc) is 3.08. The number of rotatable bonds is 4. The van der Waals surface area contributed by atoms with Crippen LogP contribution in [0.2, 0.25) is 0 Å². The van der Waals surface area contributed by atoms with E-state index in [1.807, 2.05) is 49.5 Å². The summed E-state index contributed by atoms with van der Waals surface area (Å²) in [5, 5.41) is 7.95. The van der Waals surface area contributed by atoms with E-state index in [0.717, 1.165) is 16.5 Å². The Hall–Kier alpha value is -3.54. The van der Waals surface area contributed by atoms with Crippen molar-refractivity contribution < 1.29 is 4.79 Å². The summed E-state index contributed by atoms with van der Waals surface area (Å²) in [5.41, 5.74) is 3.81. The molecule has 0 spiro atoms. The second kappa shape index (κ2) is 6.76. The molecule has 1 aromatic carbocycles. The topological polar surface area (TPSA) is 72.7 Å². The van der Waals surface area contributed by atoms with Crippen molar-refractivity contribution in [2.75, 3.05) is 0 Å². The van der Waals surface area contributed by atoms with Gasteiger partial charge in [-0.15, -0.1) is 0 Å². The number of carbonyl (C=O) groups excluding carboxylic acids is 1. The van der Waals surface area contributed by atoms with Crippen molar-refractivity contribution in [3.8, 4) is 11.3 Å². The van der Waals surface area contributed by atoms with Gasteiger partial charge >= 0.3 is 0 Å². The predicted molar refractivity (Wildman–Crippen MR) is 99.4 cm³/mol. The van der Waals surface area contributed by atoms with Crippen molar-refractivity contribution in [1.29, 1.82) is 0 Å². The number of nitrogens with one attached hydrogen (secondary N) is 1. The number of nitrogens with zero attached hydrogens (tertiary/aromatic N) is 4. The molecule has 0 bridgehead atoms. The maximum absolute atomic E-state index is 12.8. The van der Waals surface area contributed by atoms with Crippen molar-refractivity contribution in [2.45, 2.75) is 6.54 Å². The van der Waals surface area contributed by atoms with Gasteiger partial charge in [-0.05, 0) is 23.8 Å². The number of hydrogen-bond donors (Lipinski definition) is 1. The fourth-order valence-corrected chi connectivity index (χ4v) is 2.84. The van der Waals surface area contributed by atoms with E-state index in [1.54, 1.807) is 29.3 Å². The van der Waals surface area contributed by atoms with E-state index < -0.39 is 0 Å². The van der Waals surface area contributed by atoms with Gasteiger partial charge in [-0.2, -0.15) is 5.10 Å². The van der Waals surface area contributed by atoms with E-state index in [9.17, 15) is 4.79 Å². The molecule has 3 heterocycles. The Bertz CT molecular complexity index is 1060. The standard InChI is InChI=1S/C20H17N5O/c1-25-19-17(13-23-25)16(10-18(24-19)15-8-5-9-21-12-15)20(26)22-11-14-6-3-2-4-7-14/h2-10,12-13H,11H2,1H3,(H,22,26). The minimum Gasteiger partial charge on any atom is -0.348 e. The van der Waals surface area contributed by atoms with Gasteiger partial charge in [-0.25, -0.2) is 4.98 Å². The van der Waals surface area contributed by atoms with E-state index in [1.165, 1.54) is 0 Å². The largest absolute Gasteiger partial charge is 0.348 e. The molecule has 0 aliphatic carbocycles. The van der Waals surface area contributed by atoms with E-state index in [0.29, 0.717) is 23.4 Å². The first-order valence-corrected chi connectivity index (χ1v) is 8.27. The summed E-state index contributed by atoms with van der Waals surface area (Å²) >= 11 is 0. The molecule has 6 heteroatoms. The number of aromatic nitrogens is 4. The van der Waals surface area contributed by atoms with Gasteiger partial charge in [0.05, 0.1) is 22.8 Å². The number of fused-ring (bicyclic) bond motifs is 1. The summed E-state index contributed by atoms with van der Waals surface area (Å²) in [4.78, 5) is 21.6. The number of hydrogen-bond acceptors (Lipinski definition) is 4. The number of benzene rings is 1. The van der Waals surface area contributed by atoms with Crippen molar-refractivity contribution in [3.63, 3.8) is 0 Å². The van der Waals surface area contributed by atoms with E-state index >= 15 is 0 Å². The van der Waals surface area contributed by atoms with Crippen molar-refractivity contribution in [3.05, 3.63) is 78.2 Å². The lowest BCUT2D eigenvalue weighted by molar-refractivity contribution is 0.0952. The highest BCUT2D eigenvalue weighted by Crippen LogP contribution is 2.24. The molecule has 0 aliphatic heterocycles. The van der Waals surface area contributed by atoms with Gasteiger partial charge in [0, 0.05) is 31.5 Å². The minimum atomic E-state index is -0.153. The zero-order valence-electron chi connectivity index (χ0n) is 14.3. The lowest BCUT2D eigenvalue weighted by atomic mass is 10.1. The summed E-state index contributed by atoms with van der Waals surface area (Å²) in [6.07, 6.45) is 5.11. The van der Waals surface area contributed by atoms with Crippen molar-refractivity contribution >= 4 is 16.9 Å². The highest BCUT2D eigenvalue weighted by Gasteiger charge is 2.16. The fraction of sp³-hybridized carbons (Fsp3) is 0.100. The minimum absolute atomic E-state index is 0.153. The zero-order chi connectivity index (χ0) is 17.9. The molecule has 3 aromatic heterocycles. The van der Waals surface area contributed by atoms with E-state index in [4.69, 9.17) is 0 Å². The van der Waals surface area contributed by atoms with Gasteiger partial charge < -0.3 is 5.32 Å². The fourth-order valence-electron chi connectivity index (χ4n) is 2.84. The molecule has 0 saturated carbocycles. The van der Waals surface area contributed by atoms with Gasteiger partial charge in [0.1, 0.15) is 0 Å². The maximum Gasteiger partial charge on any atom is 0.252 e. The van der Waals surface area contributed by atoms with Gasteiger partial charge in [0.2, 0.25) is 0 Å². The normalized spacial score (nSPS) is 10.8. The molecule has 0 fully saturated rings. The zero-order valence-corrected chi connectivity index (χ0v) is 14.3. The van der Waals surface area contributed by atoms with E-state index in [-0.39, 0.29) is 5.91 Å². The molecule has 0 unspecified atom stereocenters. The van der Waals surface area contributed by atoms with Crippen molar-refractivity contribution in [1.82, 2.24) is 25.1 Å². The summed E-state index contributed by atoms with van der Waals surface area (Å²) < 4.78 is 1.67. The first-order valence-electron chi connectivity index (χ1n) is 8.27. The third-order valence-electron chi connectivity index (χ3n) is 4.20. The van der Waals surface area contributed by atoms with Crippen LogP contribution < -0.4 is 5.32 Å². The molecule has 26 heavy (non-hydrogen) atoms. The Kier molecular flexibility index (Phi) is 4.15. The smallest absolute Gasteiger partial charge is 0.252 e. The summed E-state index contributed by atoms with van der Waals surface area (Å²) in [7, 11) is 1.81. The van der Waals surface area contributed by atoms with Crippen LogP contribution in [0.3, 0.4) is 0 Å². The summed E-state index contributed by atoms with van der Waals surface area (Å²) in [5.74, 6) is -0.153. The molecule has 0 atom stereocenters. The molecule has 6 nitrogen and oxygen atoms in total. The van der Waals surface area contributed by atoms with Crippen LogP contribution >= 0.6 is 0 Å². The second-order valence-corrected chi connectivity index (χ2v) is 5.97. The average molecular weight is 343 g/mol. The third-order valence-corrected chi connectivity index (χ3v) is 4.20. The summed E-state index contributed by atoms with van der Waals surface area (Å²) in [6, 6.07) is 15.4. The van der Waals surface area contributed by atoms with E-state index in [2.05, 4.69) is 20.4 Å². The van der Waals surface area contributed by atoms with Crippen LogP contribution in [0, 0.1) is 0 Å². The SMILES string of the molecule is Cn1ncc2c(C(=O)NCc3ccccc3)cc(-c3cccnc3)nc21. The molecule has 0 aliphatic rings.